The average molecular weight is 262 g/mol. The molecule has 1 aromatic rings. The van der Waals surface area contributed by atoms with Crippen molar-refractivity contribution in [1.82, 2.24) is 15.0 Å². The number of hydrogen-bond acceptors (Lipinski definition) is 6. The smallest absolute Gasteiger partial charge is 0.228 e. The van der Waals surface area contributed by atoms with E-state index in [2.05, 4.69) is 38.8 Å². The van der Waals surface area contributed by atoms with Crippen LogP contribution >= 0.6 is 23.4 Å². The normalized spacial score (nSPS) is 12.2. The van der Waals surface area contributed by atoms with Gasteiger partial charge in [-0.2, -0.15) is 26.7 Å². The van der Waals surface area contributed by atoms with Crippen molar-refractivity contribution in [1.29, 1.82) is 0 Å². The highest BCUT2D eigenvalue weighted by Crippen LogP contribution is 2.11. The van der Waals surface area contributed by atoms with Gasteiger partial charge in [-0.1, -0.05) is 6.92 Å². The molecule has 0 aliphatic rings. The standard InChI is InChI=1S/C9H16ClN5S/c1-4-11-8-13-7(10)14-9(15-8)12-5-6(2)16-3/h6H,4-5H2,1-3H3,(H2,11,12,13,14,15). The molecule has 0 bridgehead atoms. The molecule has 1 atom stereocenters. The Labute approximate surface area is 105 Å². The summed E-state index contributed by atoms with van der Waals surface area (Å²) in [5, 5.41) is 6.82. The second kappa shape index (κ2) is 6.75. The van der Waals surface area contributed by atoms with E-state index < -0.39 is 0 Å². The lowest BCUT2D eigenvalue weighted by Crippen LogP contribution is -2.15. The summed E-state index contributed by atoms with van der Waals surface area (Å²) >= 11 is 7.57. The van der Waals surface area contributed by atoms with E-state index in [1.165, 1.54) is 0 Å². The van der Waals surface area contributed by atoms with E-state index in [0.29, 0.717) is 17.1 Å². The van der Waals surface area contributed by atoms with Crippen LogP contribution in [0.25, 0.3) is 0 Å². The second-order valence-corrected chi connectivity index (χ2v) is 4.82. The predicted octanol–water partition coefficient (Wildman–Crippen LogP) is 2.12. The minimum Gasteiger partial charge on any atom is -0.354 e. The van der Waals surface area contributed by atoms with Crippen molar-refractivity contribution in [3.8, 4) is 0 Å². The predicted molar refractivity (Wildman–Crippen MR) is 70.5 cm³/mol. The average Bonchev–Trinajstić information content (AvgIpc) is 2.25. The van der Waals surface area contributed by atoms with Crippen LogP contribution in [0.1, 0.15) is 13.8 Å². The number of hydrogen-bond donors (Lipinski definition) is 2. The molecule has 0 aromatic carbocycles. The molecular weight excluding hydrogens is 246 g/mol. The third-order valence-corrected chi connectivity index (χ3v) is 3.03. The van der Waals surface area contributed by atoms with E-state index in [9.17, 15) is 0 Å². The highest BCUT2D eigenvalue weighted by Gasteiger charge is 2.05. The molecule has 7 heteroatoms. The lowest BCUT2D eigenvalue weighted by Gasteiger charge is -2.10. The summed E-state index contributed by atoms with van der Waals surface area (Å²) in [5.74, 6) is 1.01. The Hall–Kier alpha value is -0.750. The summed E-state index contributed by atoms with van der Waals surface area (Å²) in [5.41, 5.74) is 0. The Morgan fingerprint density at radius 2 is 1.88 bits per heavy atom. The first-order valence-corrected chi connectivity index (χ1v) is 6.74. The van der Waals surface area contributed by atoms with Gasteiger partial charge in [0.1, 0.15) is 0 Å². The van der Waals surface area contributed by atoms with Crippen molar-refractivity contribution in [3.05, 3.63) is 5.28 Å². The van der Waals surface area contributed by atoms with Gasteiger partial charge in [0.15, 0.2) is 0 Å². The number of rotatable bonds is 6. The van der Waals surface area contributed by atoms with Crippen LogP contribution in [-0.2, 0) is 0 Å². The third-order valence-electron chi connectivity index (χ3n) is 1.89. The fourth-order valence-corrected chi connectivity index (χ4v) is 1.39. The van der Waals surface area contributed by atoms with Crippen LogP contribution in [0, 0.1) is 0 Å². The molecule has 1 rings (SSSR count). The maximum Gasteiger partial charge on any atom is 0.228 e. The Morgan fingerprint density at radius 3 is 2.44 bits per heavy atom. The molecule has 1 unspecified atom stereocenters. The molecule has 0 fully saturated rings. The fourth-order valence-electron chi connectivity index (χ4n) is 0.985. The van der Waals surface area contributed by atoms with Crippen LogP contribution in [0.5, 0.6) is 0 Å². The summed E-state index contributed by atoms with van der Waals surface area (Å²) in [6, 6.07) is 0. The van der Waals surface area contributed by atoms with Gasteiger partial charge in [0, 0.05) is 18.3 Å². The molecule has 0 saturated heterocycles. The molecule has 90 valence electrons. The molecule has 0 saturated carbocycles. The molecule has 2 N–H and O–H groups in total. The third kappa shape index (κ3) is 4.40. The van der Waals surface area contributed by atoms with Crippen LogP contribution in [0.3, 0.4) is 0 Å². The van der Waals surface area contributed by atoms with E-state index in [1.807, 2.05) is 6.92 Å². The summed E-state index contributed by atoms with van der Waals surface area (Å²) in [6.07, 6.45) is 2.07. The van der Waals surface area contributed by atoms with Crippen molar-refractivity contribution >= 4 is 35.3 Å². The van der Waals surface area contributed by atoms with E-state index >= 15 is 0 Å². The van der Waals surface area contributed by atoms with Crippen molar-refractivity contribution in [2.45, 2.75) is 19.1 Å². The van der Waals surface area contributed by atoms with Crippen LogP contribution in [-0.4, -0.2) is 39.5 Å². The van der Waals surface area contributed by atoms with Gasteiger partial charge in [0.25, 0.3) is 0 Å². The van der Waals surface area contributed by atoms with Crippen molar-refractivity contribution in [2.24, 2.45) is 0 Å². The molecule has 0 amide bonds. The zero-order chi connectivity index (χ0) is 12.0. The molecular formula is C9H16ClN5S. The van der Waals surface area contributed by atoms with E-state index in [4.69, 9.17) is 11.6 Å². The fraction of sp³-hybridized carbons (Fsp3) is 0.667. The lowest BCUT2D eigenvalue weighted by atomic mass is 10.5. The topological polar surface area (TPSA) is 62.7 Å². The summed E-state index contributed by atoms with van der Waals surface area (Å²) in [4.78, 5) is 12.2. The number of nitrogens with zero attached hydrogens (tertiary/aromatic N) is 3. The zero-order valence-electron chi connectivity index (χ0n) is 9.62. The first kappa shape index (κ1) is 13.3. The maximum absolute atomic E-state index is 5.79. The monoisotopic (exact) mass is 261 g/mol. The van der Waals surface area contributed by atoms with Gasteiger partial charge in [-0.3, -0.25) is 0 Å². The van der Waals surface area contributed by atoms with Gasteiger partial charge in [0.05, 0.1) is 0 Å². The molecule has 0 radical (unpaired) electrons. The molecule has 5 nitrogen and oxygen atoms in total. The Kier molecular flexibility index (Phi) is 5.62. The first-order valence-electron chi connectivity index (χ1n) is 5.07. The highest BCUT2D eigenvalue weighted by molar-refractivity contribution is 7.99. The minimum atomic E-state index is 0.199. The summed E-state index contributed by atoms with van der Waals surface area (Å²) in [7, 11) is 0. The van der Waals surface area contributed by atoms with Crippen molar-refractivity contribution < 1.29 is 0 Å². The molecule has 16 heavy (non-hydrogen) atoms. The first-order chi connectivity index (χ1) is 7.65. The summed E-state index contributed by atoms with van der Waals surface area (Å²) in [6.45, 7) is 5.65. The van der Waals surface area contributed by atoms with Gasteiger partial charge in [-0.15, -0.1) is 0 Å². The largest absolute Gasteiger partial charge is 0.354 e. The SMILES string of the molecule is CCNc1nc(Cl)nc(NCC(C)SC)n1. The van der Waals surface area contributed by atoms with Gasteiger partial charge in [-0.25, -0.2) is 0 Å². The molecule has 1 aromatic heterocycles. The summed E-state index contributed by atoms with van der Waals surface area (Å²) < 4.78 is 0. The Morgan fingerprint density at radius 1 is 1.25 bits per heavy atom. The van der Waals surface area contributed by atoms with Crippen LogP contribution in [0.15, 0.2) is 0 Å². The van der Waals surface area contributed by atoms with Crippen LogP contribution < -0.4 is 10.6 Å². The van der Waals surface area contributed by atoms with E-state index in [0.717, 1.165) is 13.1 Å². The maximum atomic E-state index is 5.79. The lowest BCUT2D eigenvalue weighted by molar-refractivity contribution is 0.949. The van der Waals surface area contributed by atoms with Crippen LogP contribution in [0.4, 0.5) is 11.9 Å². The van der Waals surface area contributed by atoms with E-state index in [-0.39, 0.29) is 5.28 Å². The molecule has 1 heterocycles. The minimum absolute atomic E-state index is 0.199. The molecule has 0 spiro atoms. The number of nitrogens with one attached hydrogen (secondary N) is 2. The number of halogens is 1. The van der Waals surface area contributed by atoms with E-state index in [1.54, 1.807) is 11.8 Å². The van der Waals surface area contributed by atoms with Crippen LogP contribution in [0.2, 0.25) is 5.28 Å². The number of thioether (sulfide) groups is 1. The Bertz CT molecular complexity index is 336. The van der Waals surface area contributed by atoms with Gasteiger partial charge < -0.3 is 10.6 Å². The van der Waals surface area contributed by atoms with Gasteiger partial charge >= 0.3 is 0 Å². The van der Waals surface area contributed by atoms with Gasteiger partial charge in [-0.05, 0) is 24.8 Å². The second-order valence-electron chi connectivity index (χ2n) is 3.21. The zero-order valence-corrected chi connectivity index (χ0v) is 11.2. The van der Waals surface area contributed by atoms with Gasteiger partial charge in [0.2, 0.25) is 17.2 Å². The van der Waals surface area contributed by atoms with Crippen molar-refractivity contribution in [2.75, 3.05) is 30.0 Å². The number of aromatic nitrogens is 3. The Balaban J connectivity index is 2.64. The molecule has 0 aliphatic carbocycles. The number of anilines is 2. The highest BCUT2D eigenvalue weighted by atomic mass is 35.5. The quantitative estimate of drug-likeness (QED) is 0.818. The molecule has 0 aliphatic heterocycles. The van der Waals surface area contributed by atoms with Crippen molar-refractivity contribution in [3.63, 3.8) is 0 Å².